The van der Waals surface area contributed by atoms with E-state index in [0.717, 1.165) is 0 Å². The quantitative estimate of drug-likeness (QED) is 0.885. The molecular formula is C9H7Cl2N5O. The van der Waals surface area contributed by atoms with Gasteiger partial charge in [0.05, 0.1) is 22.2 Å². The van der Waals surface area contributed by atoms with Gasteiger partial charge in [0.25, 0.3) is 5.91 Å². The average Bonchev–Trinajstić information content (AvgIpc) is 2.79. The van der Waals surface area contributed by atoms with Crippen LogP contribution in [0.1, 0.15) is 16.2 Å². The molecule has 17 heavy (non-hydrogen) atoms. The van der Waals surface area contributed by atoms with Crippen molar-refractivity contribution in [1.29, 1.82) is 0 Å². The highest BCUT2D eigenvalue weighted by molar-refractivity contribution is 6.39. The minimum Gasteiger partial charge on any atom is -0.344 e. The number of H-pyrrole nitrogens is 1. The molecule has 1 aromatic heterocycles. The number of benzene rings is 1. The van der Waals surface area contributed by atoms with E-state index in [-0.39, 0.29) is 18.0 Å². The summed E-state index contributed by atoms with van der Waals surface area (Å²) in [5, 5.41) is 16.2. The van der Waals surface area contributed by atoms with Gasteiger partial charge in [0.15, 0.2) is 5.82 Å². The molecule has 0 bridgehead atoms. The van der Waals surface area contributed by atoms with Gasteiger partial charge in [-0.1, -0.05) is 34.5 Å². The maximum Gasteiger partial charge on any atom is 0.254 e. The highest BCUT2D eigenvalue weighted by Crippen LogP contribution is 2.23. The molecule has 0 aliphatic heterocycles. The van der Waals surface area contributed by atoms with Gasteiger partial charge >= 0.3 is 0 Å². The summed E-state index contributed by atoms with van der Waals surface area (Å²) in [6.07, 6.45) is 0. The predicted octanol–water partition coefficient (Wildman–Crippen LogP) is 1.44. The lowest BCUT2D eigenvalue weighted by Crippen LogP contribution is -2.24. The number of aromatic amines is 1. The summed E-state index contributed by atoms with van der Waals surface area (Å²) >= 11 is 11.8. The van der Waals surface area contributed by atoms with Crippen LogP contribution in [0.2, 0.25) is 10.0 Å². The Morgan fingerprint density at radius 1 is 1.35 bits per heavy atom. The lowest BCUT2D eigenvalue weighted by Gasteiger charge is -2.06. The number of amides is 1. The first kappa shape index (κ1) is 11.8. The predicted molar refractivity (Wildman–Crippen MR) is 61.8 cm³/mol. The molecule has 2 rings (SSSR count). The Labute approximate surface area is 106 Å². The number of hydrogen-bond donors (Lipinski definition) is 2. The third-order valence-electron chi connectivity index (χ3n) is 1.99. The van der Waals surface area contributed by atoms with Crippen LogP contribution in [-0.2, 0) is 6.54 Å². The van der Waals surface area contributed by atoms with Crippen molar-refractivity contribution in [2.24, 2.45) is 0 Å². The molecule has 0 atom stereocenters. The highest BCUT2D eigenvalue weighted by atomic mass is 35.5. The van der Waals surface area contributed by atoms with Crippen LogP contribution in [0.4, 0.5) is 0 Å². The van der Waals surface area contributed by atoms with Crippen LogP contribution in [0.25, 0.3) is 0 Å². The van der Waals surface area contributed by atoms with E-state index in [1.54, 1.807) is 18.2 Å². The van der Waals surface area contributed by atoms with E-state index < -0.39 is 0 Å². The summed E-state index contributed by atoms with van der Waals surface area (Å²) in [7, 11) is 0. The second-order valence-corrected chi connectivity index (χ2v) is 3.92. The smallest absolute Gasteiger partial charge is 0.254 e. The van der Waals surface area contributed by atoms with Gasteiger partial charge in [-0.2, -0.15) is 5.21 Å². The molecule has 2 N–H and O–H groups in total. The first-order valence-electron chi connectivity index (χ1n) is 4.63. The number of carbonyl (C=O) groups is 1. The van der Waals surface area contributed by atoms with Crippen LogP contribution < -0.4 is 5.32 Å². The maximum atomic E-state index is 11.8. The van der Waals surface area contributed by atoms with Crippen molar-refractivity contribution in [3.05, 3.63) is 39.6 Å². The van der Waals surface area contributed by atoms with Crippen molar-refractivity contribution in [2.45, 2.75) is 6.54 Å². The van der Waals surface area contributed by atoms with E-state index >= 15 is 0 Å². The number of aromatic nitrogens is 4. The molecule has 0 aliphatic carbocycles. The number of rotatable bonds is 3. The molecule has 1 amide bonds. The monoisotopic (exact) mass is 271 g/mol. The Kier molecular flexibility index (Phi) is 3.55. The minimum atomic E-state index is -0.384. The summed E-state index contributed by atoms with van der Waals surface area (Å²) in [5.74, 6) is -0.00748. The van der Waals surface area contributed by atoms with E-state index in [2.05, 4.69) is 25.9 Å². The van der Waals surface area contributed by atoms with Crippen LogP contribution in [0.5, 0.6) is 0 Å². The van der Waals surface area contributed by atoms with E-state index in [0.29, 0.717) is 15.9 Å². The molecule has 0 saturated heterocycles. The fourth-order valence-corrected chi connectivity index (χ4v) is 1.79. The van der Waals surface area contributed by atoms with Crippen molar-refractivity contribution in [2.75, 3.05) is 0 Å². The molecule has 0 radical (unpaired) electrons. The molecule has 1 heterocycles. The number of nitrogens with one attached hydrogen (secondary N) is 2. The number of tetrazole rings is 1. The number of halogens is 2. The van der Waals surface area contributed by atoms with Gasteiger partial charge in [0.2, 0.25) is 0 Å². The Bertz CT molecular complexity index is 508. The Hall–Kier alpha value is -1.66. The molecule has 0 unspecified atom stereocenters. The van der Waals surface area contributed by atoms with Gasteiger partial charge in [-0.25, -0.2) is 0 Å². The molecule has 0 aliphatic rings. The average molecular weight is 272 g/mol. The van der Waals surface area contributed by atoms with Crippen LogP contribution in [0.3, 0.4) is 0 Å². The topological polar surface area (TPSA) is 83.6 Å². The third-order valence-corrected chi connectivity index (χ3v) is 2.62. The van der Waals surface area contributed by atoms with Gasteiger partial charge in [-0.05, 0) is 12.1 Å². The normalized spacial score (nSPS) is 10.2. The Morgan fingerprint density at radius 2 is 2.06 bits per heavy atom. The van der Waals surface area contributed by atoms with Crippen molar-refractivity contribution in [3.63, 3.8) is 0 Å². The molecule has 2 aromatic rings. The van der Waals surface area contributed by atoms with Crippen LogP contribution in [0.15, 0.2) is 18.2 Å². The first-order valence-corrected chi connectivity index (χ1v) is 5.38. The zero-order valence-electron chi connectivity index (χ0n) is 8.44. The molecular weight excluding hydrogens is 265 g/mol. The first-order chi connectivity index (χ1) is 8.18. The van der Waals surface area contributed by atoms with Gasteiger partial charge < -0.3 is 5.32 Å². The molecule has 0 fully saturated rings. The van der Waals surface area contributed by atoms with E-state index in [1.165, 1.54) is 0 Å². The number of nitrogens with zero attached hydrogens (tertiary/aromatic N) is 3. The summed E-state index contributed by atoms with van der Waals surface area (Å²) in [5.41, 5.74) is 0.235. The number of carbonyl (C=O) groups excluding carboxylic acids is 1. The minimum absolute atomic E-state index is 0.150. The Balaban J connectivity index is 2.10. The van der Waals surface area contributed by atoms with Crippen molar-refractivity contribution < 1.29 is 4.79 Å². The second-order valence-electron chi connectivity index (χ2n) is 3.11. The van der Waals surface area contributed by atoms with Crippen molar-refractivity contribution in [3.8, 4) is 0 Å². The zero-order chi connectivity index (χ0) is 12.3. The van der Waals surface area contributed by atoms with Gasteiger partial charge in [0.1, 0.15) is 0 Å². The molecule has 6 nitrogen and oxygen atoms in total. The summed E-state index contributed by atoms with van der Waals surface area (Å²) in [6.45, 7) is 0.150. The highest BCUT2D eigenvalue weighted by Gasteiger charge is 2.14. The molecule has 1 aromatic carbocycles. The van der Waals surface area contributed by atoms with Gasteiger partial charge in [-0.3, -0.25) is 4.79 Å². The van der Waals surface area contributed by atoms with Crippen molar-refractivity contribution >= 4 is 29.1 Å². The van der Waals surface area contributed by atoms with E-state index in [4.69, 9.17) is 23.2 Å². The second kappa shape index (κ2) is 5.11. The van der Waals surface area contributed by atoms with E-state index in [9.17, 15) is 4.79 Å². The third kappa shape index (κ3) is 2.72. The summed E-state index contributed by atoms with van der Waals surface area (Å²) in [6, 6.07) is 4.86. The Morgan fingerprint density at radius 3 is 2.65 bits per heavy atom. The molecule has 0 spiro atoms. The van der Waals surface area contributed by atoms with Gasteiger partial charge in [0, 0.05) is 0 Å². The summed E-state index contributed by atoms with van der Waals surface area (Å²) in [4.78, 5) is 11.8. The van der Waals surface area contributed by atoms with Crippen LogP contribution >= 0.6 is 23.2 Å². The zero-order valence-corrected chi connectivity index (χ0v) is 9.96. The lowest BCUT2D eigenvalue weighted by molar-refractivity contribution is 0.0950. The fourth-order valence-electron chi connectivity index (χ4n) is 1.22. The molecule has 8 heteroatoms. The molecule has 0 saturated carbocycles. The van der Waals surface area contributed by atoms with Crippen LogP contribution in [0, 0.1) is 0 Å². The number of hydrogen-bond acceptors (Lipinski definition) is 4. The van der Waals surface area contributed by atoms with Crippen molar-refractivity contribution in [1.82, 2.24) is 25.9 Å². The summed E-state index contributed by atoms with van der Waals surface area (Å²) < 4.78 is 0. The lowest BCUT2D eigenvalue weighted by atomic mass is 10.2. The largest absolute Gasteiger partial charge is 0.344 e. The van der Waals surface area contributed by atoms with Crippen LogP contribution in [-0.4, -0.2) is 26.5 Å². The van der Waals surface area contributed by atoms with E-state index in [1.807, 2.05) is 0 Å². The standard InChI is InChI=1S/C9H7Cl2N5O/c10-5-2-1-3-6(11)8(5)9(17)12-4-7-13-15-16-14-7/h1-3H,4H2,(H,12,17)(H,13,14,15,16). The SMILES string of the molecule is O=C(NCc1nn[nH]n1)c1c(Cl)cccc1Cl. The maximum absolute atomic E-state index is 11.8. The molecule has 88 valence electrons. The fraction of sp³-hybridized carbons (Fsp3) is 0.111. The van der Waals surface area contributed by atoms with Gasteiger partial charge in [-0.15, -0.1) is 10.2 Å².